The second kappa shape index (κ2) is 13.2. The molecule has 200 valence electrons. The van der Waals surface area contributed by atoms with Crippen molar-refractivity contribution in [3.8, 4) is 0 Å². The van der Waals surface area contributed by atoms with E-state index >= 15 is 0 Å². The smallest absolute Gasteiger partial charge is 0.284 e. The zero-order valence-corrected chi connectivity index (χ0v) is 23.5. The number of fused-ring (bicyclic) bond motifs is 1. The second-order valence-corrected chi connectivity index (χ2v) is 11.2. The molecule has 0 bridgehead atoms. The van der Waals surface area contributed by atoms with E-state index in [1.165, 1.54) is 22.4 Å². The summed E-state index contributed by atoms with van der Waals surface area (Å²) in [5.41, 5.74) is 6.21. The Bertz CT molecular complexity index is 1130. The Morgan fingerprint density at radius 1 is 1.22 bits per heavy atom. The van der Waals surface area contributed by atoms with Crippen molar-refractivity contribution in [2.24, 2.45) is 11.7 Å². The van der Waals surface area contributed by atoms with Crippen LogP contribution in [0.15, 0.2) is 18.3 Å². The number of carbonyl (C=O) groups is 3. The molecule has 13 heteroatoms. The van der Waals surface area contributed by atoms with Crippen LogP contribution in [0.4, 0.5) is 5.82 Å². The summed E-state index contributed by atoms with van der Waals surface area (Å²) in [6.45, 7) is 1.90. The van der Waals surface area contributed by atoms with Crippen LogP contribution in [0.3, 0.4) is 0 Å². The molecule has 1 aliphatic heterocycles. The number of thiocarbonyl (C=S) groups is 1. The summed E-state index contributed by atoms with van der Waals surface area (Å²) in [5.74, 6) is -0.177. The fourth-order valence-corrected chi connectivity index (χ4v) is 5.52. The number of hydrogen-bond donors (Lipinski definition) is 3. The average Bonchev–Trinajstić information content (AvgIpc) is 3.29. The van der Waals surface area contributed by atoms with E-state index in [9.17, 15) is 14.4 Å². The lowest BCUT2D eigenvalue weighted by atomic mass is 9.85. The molecule has 0 radical (unpaired) electrons. The molecule has 10 nitrogen and oxygen atoms in total. The van der Waals surface area contributed by atoms with Crippen LogP contribution in [0.1, 0.15) is 46.1 Å². The van der Waals surface area contributed by atoms with Gasteiger partial charge in [0.25, 0.3) is 11.8 Å². The van der Waals surface area contributed by atoms with Gasteiger partial charge in [-0.15, -0.1) is 11.3 Å². The zero-order chi connectivity index (χ0) is 27.1. The van der Waals surface area contributed by atoms with Gasteiger partial charge in [-0.1, -0.05) is 23.8 Å². The number of rotatable bonds is 4. The van der Waals surface area contributed by atoms with Crippen LogP contribution >= 0.6 is 35.2 Å². The maximum Gasteiger partial charge on any atom is 0.284 e. The molecular weight excluding hydrogens is 534 g/mol. The number of aromatic nitrogens is 2. The number of halogens is 1. The molecule has 2 aliphatic rings. The fourth-order valence-electron chi connectivity index (χ4n) is 4.15. The molecule has 1 fully saturated rings. The molecule has 4 rings (SSSR count). The van der Waals surface area contributed by atoms with Crippen LogP contribution in [0.2, 0.25) is 5.02 Å². The van der Waals surface area contributed by atoms with Crippen molar-refractivity contribution in [3.05, 3.63) is 38.9 Å². The highest BCUT2D eigenvalue weighted by atomic mass is 35.5. The standard InChI is InChI=1S/C16H21ClN4O2S.C8H11N3OS/c1-21(2)16(23)10-3-6-12(7-4-10)19-15(24)14(22)20-13-8-5-11(17)9-18-13;1-11-3-2-5-6(4-11)13-8(10-5)7(9)12/h5,8-10,12H,3-4,6-7H2,1-2H3,(H,19,24)(H,18,20,22);2-4H2,1H3,(H2,9,12). The first-order chi connectivity index (χ1) is 17.5. The Morgan fingerprint density at radius 2 is 1.92 bits per heavy atom. The van der Waals surface area contributed by atoms with E-state index < -0.39 is 11.8 Å². The molecule has 0 spiro atoms. The van der Waals surface area contributed by atoms with Gasteiger partial charge in [0.05, 0.1) is 10.7 Å². The predicted octanol–water partition coefficient (Wildman–Crippen LogP) is 2.47. The van der Waals surface area contributed by atoms with E-state index in [2.05, 4.69) is 32.5 Å². The number of likely N-dealkylation sites (N-methyl/N-ethyl adjacent to an activating group) is 1. The van der Waals surface area contributed by atoms with Gasteiger partial charge >= 0.3 is 0 Å². The van der Waals surface area contributed by atoms with Crippen molar-refractivity contribution in [1.29, 1.82) is 0 Å². The van der Waals surface area contributed by atoms with E-state index in [-0.39, 0.29) is 22.9 Å². The topological polar surface area (TPSA) is 134 Å². The average molecular weight is 566 g/mol. The maximum atomic E-state index is 12.1. The number of primary amides is 1. The third-order valence-electron chi connectivity index (χ3n) is 6.16. The van der Waals surface area contributed by atoms with E-state index in [4.69, 9.17) is 29.6 Å². The number of anilines is 1. The highest BCUT2D eigenvalue weighted by Crippen LogP contribution is 2.26. The maximum absolute atomic E-state index is 12.1. The summed E-state index contributed by atoms with van der Waals surface area (Å²) >= 11 is 12.3. The molecule has 0 unspecified atom stereocenters. The Kier molecular flexibility index (Phi) is 10.3. The first-order valence-corrected chi connectivity index (χ1v) is 13.5. The number of nitrogens with one attached hydrogen (secondary N) is 2. The molecule has 2 aromatic rings. The normalized spacial score (nSPS) is 19.0. The molecule has 0 saturated heterocycles. The van der Waals surface area contributed by atoms with Gasteiger partial charge in [-0.2, -0.15) is 0 Å². The van der Waals surface area contributed by atoms with Crippen molar-refractivity contribution < 1.29 is 14.4 Å². The Hall–Kier alpha value is -2.67. The van der Waals surface area contributed by atoms with Crippen LogP contribution in [-0.4, -0.2) is 76.2 Å². The summed E-state index contributed by atoms with van der Waals surface area (Å²) in [4.78, 5) is 48.3. The summed E-state index contributed by atoms with van der Waals surface area (Å²) in [6, 6.07) is 3.37. The van der Waals surface area contributed by atoms with E-state index in [0.717, 1.165) is 50.9 Å². The Balaban J connectivity index is 0.000000244. The Labute approximate surface area is 231 Å². The molecule has 4 N–H and O–H groups in total. The Morgan fingerprint density at radius 3 is 2.51 bits per heavy atom. The molecule has 0 atom stereocenters. The van der Waals surface area contributed by atoms with Crippen molar-refractivity contribution >= 4 is 63.7 Å². The molecule has 3 heterocycles. The van der Waals surface area contributed by atoms with Crippen LogP contribution < -0.4 is 16.4 Å². The van der Waals surface area contributed by atoms with Crippen molar-refractivity contribution in [2.45, 2.75) is 44.7 Å². The van der Waals surface area contributed by atoms with Crippen LogP contribution in [0, 0.1) is 5.92 Å². The van der Waals surface area contributed by atoms with Gasteiger partial charge in [0.15, 0.2) is 10.00 Å². The third kappa shape index (κ3) is 8.42. The van der Waals surface area contributed by atoms with Gasteiger partial charge < -0.3 is 26.2 Å². The minimum Gasteiger partial charge on any atom is -0.369 e. The van der Waals surface area contributed by atoms with Crippen LogP contribution in [0.5, 0.6) is 0 Å². The molecule has 3 amide bonds. The van der Waals surface area contributed by atoms with E-state index in [1.807, 2.05) is 0 Å². The van der Waals surface area contributed by atoms with E-state index in [1.54, 1.807) is 31.1 Å². The van der Waals surface area contributed by atoms with Gasteiger partial charge in [-0.05, 0) is 44.9 Å². The minimum absolute atomic E-state index is 0.0683. The summed E-state index contributed by atoms with van der Waals surface area (Å²) in [5, 5.41) is 6.65. The van der Waals surface area contributed by atoms with Crippen molar-refractivity contribution in [2.75, 3.05) is 33.0 Å². The lowest BCUT2D eigenvalue weighted by molar-refractivity contribution is -0.134. The minimum atomic E-state index is -0.415. The highest BCUT2D eigenvalue weighted by Gasteiger charge is 2.28. The monoisotopic (exact) mass is 565 g/mol. The lowest BCUT2D eigenvalue weighted by Crippen LogP contribution is -2.43. The number of nitrogens with two attached hydrogens (primary N) is 1. The number of amides is 3. The van der Waals surface area contributed by atoms with Gasteiger partial charge in [0, 0.05) is 56.6 Å². The lowest BCUT2D eigenvalue weighted by Gasteiger charge is -2.30. The van der Waals surface area contributed by atoms with Crippen LogP contribution in [-0.2, 0) is 22.6 Å². The molecule has 0 aromatic carbocycles. The third-order valence-corrected chi connectivity index (χ3v) is 7.78. The van der Waals surface area contributed by atoms with Gasteiger partial charge in [-0.3, -0.25) is 14.4 Å². The first-order valence-electron chi connectivity index (χ1n) is 11.9. The first kappa shape index (κ1) is 28.9. The number of nitrogens with zero attached hydrogens (tertiary/aromatic N) is 4. The second-order valence-electron chi connectivity index (χ2n) is 9.31. The van der Waals surface area contributed by atoms with E-state index in [0.29, 0.717) is 15.8 Å². The number of carbonyl (C=O) groups excluding carboxylic acids is 3. The predicted molar refractivity (Wildman–Crippen MR) is 149 cm³/mol. The summed E-state index contributed by atoms with van der Waals surface area (Å²) in [6.07, 6.45) is 5.62. The van der Waals surface area contributed by atoms with Crippen LogP contribution in [0.25, 0.3) is 0 Å². The molecule has 1 saturated carbocycles. The SMILES string of the molecule is CN(C)C(=O)C1CCC(NC(=S)C(=O)Nc2ccc(Cl)cn2)CC1.CN1CCc2nc(C(N)=O)sc2C1. The van der Waals surface area contributed by atoms with Gasteiger partial charge in [0.2, 0.25) is 5.91 Å². The largest absolute Gasteiger partial charge is 0.369 e. The highest BCUT2D eigenvalue weighted by molar-refractivity contribution is 7.82. The molecule has 37 heavy (non-hydrogen) atoms. The number of pyridine rings is 1. The van der Waals surface area contributed by atoms with Gasteiger partial charge in [0.1, 0.15) is 5.82 Å². The molecule has 1 aliphatic carbocycles. The zero-order valence-electron chi connectivity index (χ0n) is 21.1. The van der Waals surface area contributed by atoms with Crippen molar-refractivity contribution in [3.63, 3.8) is 0 Å². The number of thiazole rings is 1. The number of hydrogen-bond acceptors (Lipinski definition) is 8. The molecular formula is C24H32ClN7O3S2. The molecule has 2 aromatic heterocycles. The van der Waals surface area contributed by atoms with Gasteiger partial charge in [-0.25, -0.2) is 9.97 Å². The fraction of sp³-hybridized carbons (Fsp3) is 0.500. The van der Waals surface area contributed by atoms with Crippen molar-refractivity contribution in [1.82, 2.24) is 25.1 Å². The summed E-state index contributed by atoms with van der Waals surface area (Å²) in [7, 11) is 5.61. The quantitative estimate of drug-likeness (QED) is 0.481. The summed E-state index contributed by atoms with van der Waals surface area (Å²) < 4.78 is 0.